The number of benzene rings is 2. The summed E-state index contributed by atoms with van der Waals surface area (Å²) in [5.41, 5.74) is 3.45. The van der Waals surface area contributed by atoms with Gasteiger partial charge < -0.3 is 19.9 Å². The van der Waals surface area contributed by atoms with Crippen LogP contribution in [0.25, 0.3) is 0 Å². The van der Waals surface area contributed by atoms with E-state index in [2.05, 4.69) is 15.2 Å². The number of nitrogens with one attached hydrogen (secondary N) is 1. The fraction of sp³-hybridized carbons (Fsp3) is 0.320. The quantitative estimate of drug-likeness (QED) is 0.633. The van der Waals surface area contributed by atoms with Crippen molar-refractivity contribution >= 4 is 17.5 Å². The number of rotatable bonds is 5. The van der Waals surface area contributed by atoms with Crippen LogP contribution in [0.2, 0.25) is 0 Å². The van der Waals surface area contributed by atoms with Crippen LogP contribution in [0.4, 0.5) is 20.7 Å². The van der Waals surface area contributed by atoms with E-state index >= 15 is 0 Å². The van der Waals surface area contributed by atoms with E-state index in [0.29, 0.717) is 49.9 Å². The highest BCUT2D eigenvalue weighted by molar-refractivity contribution is 5.89. The minimum Gasteiger partial charge on any atom is -0.497 e. The third-order valence-electron chi connectivity index (χ3n) is 5.76. The number of piperazine rings is 1. The predicted octanol–water partition coefficient (Wildman–Crippen LogP) is 4.19. The van der Waals surface area contributed by atoms with Crippen LogP contribution in [0, 0.1) is 19.7 Å². The number of aryl methyl sites for hydroxylation is 2. The van der Waals surface area contributed by atoms with Gasteiger partial charge in [-0.3, -0.25) is 0 Å². The van der Waals surface area contributed by atoms with E-state index in [1.165, 1.54) is 6.07 Å². The molecule has 1 saturated heterocycles. The van der Waals surface area contributed by atoms with Crippen molar-refractivity contribution in [1.29, 1.82) is 0 Å². The lowest BCUT2D eigenvalue weighted by molar-refractivity contribution is 0.208. The molecule has 1 fully saturated rings. The number of nitrogens with zero attached hydrogens (tertiary/aromatic N) is 4. The number of ether oxygens (including phenoxy) is 1. The average Bonchev–Trinajstić information content (AvgIpc) is 2.81. The molecule has 0 atom stereocenters. The van der Waals surface area contributed by atoms with Crippen molar-refractivity contribution in [3.05, 3.63) is 77.0 Å². The van der Waals surface area contributed by atoms with Crippen LogP contribution in [-0.4, -0.2) is 54.2 Å². The van der Waals surface area contributed by atoms with Crippen molar-refractivity contribution in [2.45, 2.75) is 20.3 Å². The summed E-state index contributed by atoms with van der Waals surface area (Å²) in [5, 5.41) is 2.94. The van der Waals surface area contributed by atoms with E-state index < -0.39 is 0 Å². The number of aromatic nitrogens is 2. The van der Waals surface area contributed by atoms with E-state index in [4.69, 9.17) is 9.72 Å². The van der Waals surface area contributed by atoms with Gasteiger partial charge in [0, 0.05) is 55.6 Å². The first-order chi connectivity index (χ1) is 15.9. The molecule has 2 amide bonds. The van der Waals surface area contributed by atoms with Crippen LogP contribution in [-0.2, 0) is 6.42 Å². The molecular formula is C25H28FN5O2. The lowest BCUT2D eigenvalue weighted by atomic mass is 10.0. The predicted molar refractivity (Wildman–Crippen MR) is 127 cm³/mol. The van der Waals surface area contributed by atoms with E-state index in [1.807, 2.05) is 38.1 Å². The second-order valence-electron chi connectivity index (χ2n) is 8.10. The number of urea groups is 1. The molecule has 1 N–H and O–H groups in total. The van der Waals surface area contributed by atoms with Crippen LogP contribution in [0.1, 0.15) is 22.6 Å². The molecule has 4 rings (SSSR count). The maximum atomic E-state index is 13.7. The first kappa shape index (κ1) is 22.5. The van der Waals surface area contributed by atoms with E-state index in [1.54, 1.807) is 30.2 Å². The van der Waals surface area contributed by atoms with E-state index in [9.17, 15) is 9.18 Å². The maximum Gasteiger partial charge on any atom is 0.321 e. The van der Waals surface area contributed by atoms with Gasteiger partial charge in [0.1, 0.15) is 23.2 Å². The second kappa shape index (κ2) is 9.85. The zero-order valence-electron chi connectivity index (χ0n) is 19.1. The molecule has 0 radical (unpaired) electrons. The summed E-state index contributed by atoms with van der Waals surface area (Å²) in [6.45, 7) is 6.27. The molecule has 1 aromatic heterocycles. The van der Waals surface area contributed by atoms with E-state index in [-0.39, 0.29) is 11.8 Å². The molecule has 0 unspecified atom stereocenters. The summed E-state index contributed by atoms with van der Waals surface area (Å²) in [5.74, 6) is 1.99. The summed E-state index contributed by atoms with van der Waals surface area (Å²) < 4.78 is 18.9. The van der Waals surface area contributed by atoms with Gasteiger partial charge in [-0.05, 0) is 43.7 Å². The molecule has 172 valence electrons. The Kier molecular flexibility index (Phi) is 6.72. The number of amides is 2. The highest BCUT2D eigenvalue weighted by atomic mass is 19.1. The smallest absolute Gasteiger partial charge is 0.321 e. The molecule has 1 aliphatic heterocycles. The van der Waals surface area contributed by atoms with Gasteiger partial charge in [0.15, 0.2) is 0 Å². The number of methoxy groups -OCH3 is 1. The Morgan fingerprint density at radius 3 is 2.55 bits per heavy atom. The van der Waals surface area contributed by atoms with Crippen molar-refractivity contribution in [2.75, 3.05) is 43.5 Å². The summed E-state index contributed by atoms with van der Waals surface area (Å²) in [6, 6.07) is 13.8. The SMILES string of the molecule is COc1cccc(NC(=O)N2CCN(c3nc(C)nc(C)c3Cc3cccc(F)c3)CC2)c1. The van der Waals surface area contributed by atoms with Gasteiger partial charge in [-0.25, -0.2) is 19.2 Å². The molecule has 3 aromatic rings. The summed E-state index contributed by atoms with van der Waals surface area (Å²) in [7, 11) is 1.60. The van der Waals surface area contributed by atoms with Gasteiger partial charge in [-0.1, -0.05) is 18.2 Å². The Morgan fingerprint density at radius 2 is 1.82 bits per heavy atom. The molecular weight excluding hydrogens is 421 g/mol. The Balaban J connectivity index is 1.46. The molecule has 0 aliphatic carbocycles. The zero-order valence-corrected chi connectivity index (χ0v) is 19.1. The summed E-state index contributed by atoms with van der Waals surface area (Å²) >= 11 is 0. The first-order valence-electron chi connectivity index (χ1n) is 11.0. The topological polar surface area (TPSA) is 70.6 Å². The lowest BCUT2D eigenvalue weighted by Crippen LogP contribution is -2.50. The lowest BCUT2D eigenvalue weighted by Gasteiger charge is -2.36. The summed E-state index contributed by atoms with van der Waals surface area (Å²) in [6.07, 6.45) is 0.551. The van der Waals surface area contributed by atoms with Gasteiger partial charge >= 0.3 is 6.03 Å². The largest absolute Gasteiger partial charge is 0.497 e. The third kappa shape index (κ3) is 5.39. The fourth-order valence-electron chi connectivity index (χ4n) is 4.06. The highest BCUT2D eigenvalue weighted by Crippen LogP contribution is 2.26. The number of carbonyl (C=O) groups excluding carboxylic acids is 1. The van der Waals surface area contributed by atoms with E-state index in [0.717, 1.165) is 22.6 Å². The molecule has 1 aliphatic rings. The number of halogens is 1. The van der Waals surface area contributed by atoms with Gasteiger partial charge in [0.2, 0.25) is 0 Å². The fourth-order valence-corrected chi connectivity index (χ4v) is 4.06. The van der Waals surface area contributed by atoms with Gasteiger partial charge in [0.05, 0.1) is 7.11 Å². The van der Waals surface area contributed by atoms with Gasteiger partial charge in [0.25, 0.3) is 0 Å². The number of anilines is 2. The van der Waals surface area contributed by atoms with Crippen LogP contribution in [0.15, 0.2) is 48.5 Å². The van der Waals surface area contributed by atoms with Crippen LogP contribution < -0.4 is 15.0 Å². The second-order valence-corrected chi connectivity index (χ2v) is 8.10. The summed E-state index contributed by atoms with van der Waals surface area (Å²) in [4.78, 5) is 26.0. The number of carbonyl (C=O) groups is 1. The molecule has 7 nitrogen and oxygen atoms in total. The maximum absolute atomic E-state index is 13.7. The molecule has 33 heavy (non-hydrogen) atoms. The Morgan fingerprint density at radius 1 is 1.06 bits per heavy atom. The minimum atomic E-state index is -0.254. The van der Waals surface area contributed by atoms with Crippen molar-refractivity contribution in [2.24, 2.45) is 0 Å². The van der Waals surface area contributed by atoms with Crippen molar-refractivity contribution in [3.8, 4) is 5.75 Å². The Bertz CT molecular complexity index is 1150. The highest BCUT2D eigenvalue weighted by Gasteiger charge is 2.25. The molecule has 0 saturated carbocycles. The Hall–Kier alpha value is -3.68. The third-order valence-corrected chi connectivity index (χ3v) is 5.76. The molecule has 8 heteroatoms. The molecule has 0 spiro atoms. The average molecular weight is 450 g/mol. The van der Waals surface area contributed by atoms with Gasteiger partial charge in [-0.15, -0.1) is 0 Å². The number of hydrogen-bond acceptors (Lipinski definition) is 5. The first-order valence-corrected chi connectivity index (χ1v) is 11.0. The van der Waals surface area contributed by atoms with Crippen molar-refractivity contribution < 1.29 is 13.9 Å². The minimum absolute atomic E-state index is 0.141. The number of hydrogen-bond donors (Lipinski definition) is 1. The molecule has 0 bridgehead atoms. The van der Waals surface area contributed by atoms with Crippen molar-refractivity contribution in [3.63, 3.8) is 0 Å². The molecule has 2 aromatic carbocycles. The van der Waals surface area contributed by atoms with Crippen LogP contribution in [0.3, 0.4) is 0 Å². The Labute approximate surface area is 193 Å². The normalized spacial score (nSPS) is 13.7. The van der Waals surface area contributed by atoms with Crippen molar-refractivity contribution in [1.82, 2.24) is 14.9 Å². The standard InChI is InChI=1S/C25H28FN5O2/c1-17-23(15-19-6-4-7-20(26)14-19)24(28-18(2)27-17)30-10-12-31(13-11-30)25(32)29-21-8-5-9-22(16-21)33-3/h4-9,14,16H,10-13,15H2,1-3H3,(H,29,32). The van der Waals surface area contributed by atoms with Gasteiger partial charge in [-0.2, -0.15) is 0 Å². The van der Waals surface area contributed by atoms with Crippen LogP contribution >= 0.6 is 0 Å². The van der Waals surface area contributed by atoms with Crippen LogP contribution in [0.5, 0.6) is 5.75 Å². The monoisotopic (exact) mass is 449 g/mol. The zero-order chi connectivity index (χ0) is 23.4. The molecule has 2 heterocycles.